The molecule has 0 saturated carbocycles. The van der Waals surface area contributed by atoms with Gasteiger partial charge in [-0.2, -0.15) is 5.26 Å². The van der Waals surface area contributed by atoms with Crippen LogP contribution in [-0.4, -0.2) is 15.3 Å². The average Bonchev–Trinajstić information content (AvgIpc) is 2.13. The van der Waals surface area contributed by atoms with Crippen LogP contribution in [0.3, 0.4) is 0 Å². The number of benzene rings is 1. The topological polar surface area (TPSA) is 110 Å². The fourth-order valence-electron chi connectivity index (χ4n) is 0.807. The molecule has 0 amide bonds. The summed E-state index contributed by atoms with van der Waals surface area (Å²) in [5, 5.41) is 35.5. The summed E-state index contributed by atoms with van der Waals surface area (Å²) in [6.45, 7) is 0. The number of hydrogen-bond donors (Lipinski definition) is 4. The second-order valence-electron chi connectivity index (χ2n) is 2.26. The predicted molar refractivity (Wildman–Crippen MR) is 45.6 cm³/mol. The third-order valence-electron chi connectivity index (χ3n) is 1.51. The van der Waals surface area contributed by atoms with E-state index in [9.17, 15) is 5.11 Å². The van der Waals surface area contributed by atoms with Crippen molar-refractivity contribution in [3.05, 3.63) is 10.6 Å². The SMILES string of the molecule is N#Cc1c(O)c(N)c(Cl)c(O)c1O. The van der Waals surface area contributed by atoms with Crippen LogP contribution >= 0.6 is 11.6 Å². The first kappa shape index (κ1) is 9.29. The second-order valence-corrected chi connectivity index (χ2v) is 2.64. The Morgan fingerprint density at radius 1 is 1.15 bits per heavy atom. The first-order valence-electron chi connectivity index (χ1n) is 3.12. The molecule has 0 aliphatic rings. The largest absolute Gasteiger partial charge is 0.504 e. The fourth-order valence-corrected chi connectivity index (χ4v) is 0.986. The highest BCUT2D eigenvalue weighted by Gasteiger charge is 2.20. The van der Waals surface area contributed by atoms with Crippen molar-refractivity contribution in [3.63, 3.8) is 0 Å². The van der Waals surface area contributed by atoms with Gasteiger partial charge in [0.25, 0.3) is 0 Å². The number of hydrogen-bond acceptors (Lipinski definition) is 5. The van der Waals surface area contributed by atoms with Gasteiger partial charge >= 0.3 is 0 Å². The number of aromatic hydroxyl groups is 3. The molecule has 6 heteroatoms. The molecule has 0 saturated heterocycles. The maximum atomic E-state index is 9.18. The van der Waals surface area contributed by atoms with Gasteiger partial charge in [-0.25, -0.2) is 0 Å². The first-order chi connectivity index (χ1) is 6.00. The van der Waals surface area contributed by atoms with E-state index in [1.54, 1.807) is 0 Å². The molecule has 0 aromatic heterocycles. The van der Waals surface area contributed by atoms with Crippen molar-refractivity contribution in [3.8, 4) is 23.3 Å². The molecule has 5 nitrogen and oxygen atoms in total. The summed E-state index contributed by atoms with van der Waals surface area (Å²) >= 11 is 5.41. The molecular weight excluding hydrogens is 196 g/mol. The highest BCUT2D eigenvalue weighted by atomic mass is 35.5. The van der Waals surface area contributed by atoms with E-state index in [0.717, 1.165) is 0 Å². The van der Waals surface area contributed by atoms with E-state index in [2.05, 4.69) is 0 Å². The summed E-state index contributed by atoms with van der Waals surface area (Å²) in [6.07, 6.45) is 0. The van der Waals surface area contributed by atoms with Crippen LogP contribution in [-0.2, 0) is 0 Å². The molecule has 13 heavy (non-hydrogen) atoms. The molecular formula is C7H5ClN2O3. The standard InChI is InChI=1S/C7H5ClN2O3/c8-3-4(10)5(11)2(1-9)6(12)7(3)13/h11-13H,10H2. The normalized spacial score (nSPS) is 9.54. The van der Waals surface area contributed by atoms with E-state index < -0.39 is 22.8 Å². The van der Waals surface area contributed by atoms with Crippen LogP contribution in [0.1, 0.15) is 5.56 Å². The average molecular weight is 201 g/mol. The van der Waals surface area contributed by atoms with Gasteiger partial charge in [-0.15, -0.1) is 0 Å². The number of phenolic OH excluding ortho intramolecular Hbond substituents is 3. The molecule has 5 N–H and O–H groups in total. The minimum Gasteiger partial charge on any atom is -0.504 e. The molecule has 0 radical (unpaired) electrons. The Labute approximate surface area is 78.2 Å². The number of nitriles is 1. The van der Waals surface area contributed by atoms with Crippen molar-refractivity contribution in [2.24, 2.45) is 0 Å². The lowest BCUT2D eigenvalue weighted by Crippen LogP contribution is -1.91. The van der Waals surface area contributed by atoms with Gasteiger partial charge in [-0.3, -0.25) is 0 Å². The Bertz CT molecular complexity index is 382. The third kappa shape index (κ3) is 1.17. The number of nitrogen functional groups attached to an aromatic ring is 1. The number of anilines is 1. The molecule has 0 aliphatic carbocycles. The van der Waals surface area contributed by atoms with Crippen LogP contribution in [0.4, 0.5) is 5.69 Å². The van der Waals surface area contributed by atoms with Crippen molar-refractivity contribution in [2.75, 3.05) is 5.73 Å². The lowest BCUT2D eigenvalue weighted by molar-refractivity contribution is 0.396. The van der Waals surface area contributed by atoms with Gasteiger partial charge in [0.2, 0.25) is 0 Å². The van der Waals surface area contributed by atoms with Crippen molar-refractivity contribution >= 4 is 17.3 Å². The van der Waals surface area contributed by atoms with Crippen LogP contribution < -0.4 is 5.73 Å². The summed E-state index contributed by atoms with van der Waals surface area (Å²) in [4.78, 5) is 0. The monoisotopic (exact) mass is 200 g/mol. The van der Waals surface area contributed by atoms with Crippen LogP contribution in [0.2, 0.25) is 5.02 Å². The number of nitrogens with zero attached hydrogens (tertiary/aromatic N) is 1. The summed E-state index contributed by atoms with van der Waals surface area (Å²) in [6, 6.07) is 1.47. The molecule has 0 heterocycles. The molecule has 0 bridgehead atoms. The van der Waals surface area contributed by atoms with Crippen LogP contribution in [0.15, 0.2) is 0 Å². The summed E-state index contributed by atoms with van der Waals surface area (Å²) < 4.78 is 0. The van der Waals surface area contributed by atoms with Gasteiger partial charge < -0.3 is 21.1 Å². The smallest absolute Gasteiger partial charge is 0.181 e. The molecule has 1 rings (SSSR count). The van der Waals surface area contributed by atoms with Crippen molar-refractivity contribution < 1.29 is 15.3 Å². The maximum Gasteiger partial charge on any atom is 0.181 e. The van der Waals surface area contributed by atoms with Gasteiger partial charge in [-0.1, -0.05) is 11.6 Å². The molecule has 1 aromatic rings. The minimum absolute atomic E-state index is 0.339. The number of phenols is 3. The second kappa shape index (κ2) is 2.92. The summed E-state index contributed by atoms with van der Waals surface area (Å²) in [5.74, 6) is -2.13. The van der Waals surface area contributed by atoms with Gasteiger partial charge in [-0.05, 0) is 0 Å². The number of nitrogens with two attached hydrogens (primary N) is 1. The molecule has 68 valence electrons. The molecule has 0 fully saturated rings. The number of halogens is 1. The molecule has 0 unspecified atom stereocenters. The van der Waals surface area contributed by atoms with Crippen LogP contribution in [0, 0.1) is 11.3 Å². The summed E-state index contributed by atoms with van der Waals surface area (Å²) in [5.41, 5.74) is 4.38. The zero-order valence-corrected chi connectivity index (χ0v) is 7.00. The Hall–Kier alpha value is -1.80. The highest BCUT2D eigenvalue weighted by Crippen LogP contribution is 2.46. The van der Waals surface area contributed by atoms with Gasteiger partial charge in [0.1, 0.15) is 16.7 Å². The molecule has 1 aromatic carbocycles. The zero-order valence-electron chi connectivity index (χ0n) is 6.24. The zero-order chi connectivity index (χ0) is 10.2. The van der Waals surface area contributed by atoms with Crippen LogP contribution in [0.25, 0.3) is 0 Å². The Balaban J connectivity index is 3.69. The molecule has 0 atom stereocenters. The Morgan fingerprint density at radius 2 is 1.69 bits per heavy atom. The van der Waals surface area contributed by atoms with Crippen molar-refractivity contribution in [1.29, 1.82) is 5.26 Å². The van der Waals surface area contributed by atoms with E-state index in [4.69, 9.17) is 32.8 Å². The van der Waals surface area contributed by atoms with E-state index in [0.29, 0.717) is 0 Å². The lowest BCUT2D eigenvalue weighted by atomic mass is 10.1. The van der Waals surface area contributed by atoms with Gasteiger partial charge in [0, 0.05) is 0 Å². The third-order valence-corrected chi connectivity index (χ3v) is 1.89. The quantitative estimate of drug-likeness (QED) is 0.283. The van der Waals surface area contributed by atoms with E-state index in [1.807, 2.05) is 0 Å². The predicted octanol–water partition coefficient (Wildman–Crippen LogP) is 0.911. The highest BCUT2D eigenvalue weighted by molar-refractivity contribution is 6.35. The van der Waals surface area contributed by atoms with Crippen LogP contribution in [0.5, 0.6) is 17.2 Å². The van der Waals surface area contributed by atoms with Gasteiger partial charge in [0.05, 0.1) is 5.69 Å². The number of rotatable bonds is 0. The Kier molecular flexibility index (Phi) is 2.09. The molecule has 0 spiro atoms. The lowest BCUT2D eigenvalue weighted by Gasteiger charge is -2.07. The van der Waals surface area contributed by atoms with E-state index >= 15 is 0 Å². The van der Waals surface area contributed by atoms with Gasteiger partial charge in [0.15, 0.2) is 17.2 Å². The first-order valence-corrected chi connectivity index (χ1v) is 3.50. The summed E-state index contributed by atoms with van der Waals surface area (Å²) in [7, 11) is 0. The molecule has 0 aliphatic heterocycles. The minimum atomic E-state index is -0.779. The van der Waals surface area contributed by atoms with E-state index in [1.165, 1.54) is 6.07 Å². The fraction of sp³-hybridized carbons (Fsp3) is 0. The van der Waals surface area contributed by atoms with E-state index in [-0.39, 0.29) is 10.7 Å². The maximum absolute atomic E-state index is 9.18. The Morgan fingerprint density at radius 3 is 2.15 bits per heavy atom. The van der Waals surface area contributed by atoms with Crippen molar-refractivity contribution in [1.82, 2.24) is 0 Å². The van der Waals surface area contributed by atoms with Crippen molar-refractivity contribution in [2.45, 2.75) is 0 Å².